The number of benzene rings is 2. The predicted molar refractivity (Wildman–Crippen MR) is 171 cm³/mol. The largest absolute Gasteiger partial charge is 0.383 e. The predicted octanol–water partition coefficient (Wildman–Crippen LogP) is 6.30. The molecule has 0 spiro atoms. The van der Waals surface area contributed by atoms with Crippen molar-refractivity contribution in [2.45, 2.75) is 78.3 Å². The summed E-state index contributed by atoms with van der Waals surface area (Å²) in [5, 5.41) is 0. The molecule has 10 heteroatoms. The van der Waals surface area contributed by atoms with Crippen molar-refractivity contribution in [1.82, 2.24) is 9.13 Å². The zero-order chi connectivity index (χ0) is 29.9. The number of carbonyl (C=O) groups excluding carboxylic acids is 2. The SMILES string of the molecule is COCCn1c(=NC(=O)CCCCCCCCC(=O)N=c2sc3cccc(C)c3n2CCOC)sc2cccc(C)c21. The molecule has 0 radical (unpaired) electrons. The van der Waals surface area contributed by atoms with Gasteiger partial charge in [-0.2, -0.15) is 9.98 Å². The van der Waals surface area contributed by atoms with E-state index in [2.05, 4.69) is 57.2 Å². The second-order valence-corrected chi connectivity index (χ2v) is 12.6. The van der Waals surface area contributed by atoms with Crippen LogP contribution in [0.15, 0.2) is 46.4 Å². The molecule has 0 saturated heterocycles. The van der Waals surface area contributed by atoms with Gasteiger partial charge in [-0.3, -0.25) is 9.59 Å². The van der Waals surface area contributed by atoms with Gasteiger partial charge in [-0.05, 0) is 49.9 Å². The molecular weight excluding hydrogens is 569 g/mol. The molecule has 0 aliphatic carbocycles. The van der Waals surface area contributed by atoms with E-state index in [1.807, 2.05) is 12.1 Å². The van der Waals surface area contributed by atoms with Crippen molar-refractivity contribution in [3.63, 3.8) is 0 Å². The van der Waals surface area contributed by atoms with Gasteiger partial charge in [-0.15, -0.1) is 0 Å². The molecule has 0 unspecified atom stereocenters. The normalized spacial score (nSPS) is 12.7. The Morgan fingerprint density at radius 1 is 0.667 bits per heavy atom. The van der Waals surface area contributed by atoms with Crippen LogP contribution in [0.1, 0.15) is 62.5 Å². The molecule has 0 atom stereocenters. The van der Waals surface area contributed by atoms with E-state index >= 15 is 0 Å². The minimum Gasteiger partial charge on any atom is -0.383 e. The van der Waals surface area contributed by atoms with Crippen LogP contribution in [0.3, 0.4) is 0 Å². The molecule has 0 aliphatic rings. The molecule has 0 aliphatic heterocycles. The summed E-state index contributed by atoms with van der Waals surface area (Å²) in [5.74, 6) is -0.145. The molecule has 2 heterocycles. The lowest BCUT2D eigenvalue weighted by molar-refractivity contribution is -0.119. The number of amides is 2. The summed E-state index contributed by atoms with van der Waals surface area (Å²) in [5.41, 5.74) is 4.60. The molecule has 8 nitrogen and oxygen atoms in total. The van der Waals surface area contributed by atoms with Crippen LogP contribution in [0.2, 0.25) is 0 Å². The Bertz CT molecular complexity index is 1520. The van der Waals surface area contributed by atoms with E-state index < -0.39 is 0 Å². The molecular formula is C32H42N4O4S2. The minimum atomic E-state index is -0.0724. The smallest absolute Gasteiger partial charge is 0.248 e. The Morgan fingerprint density at radius 2 is 1.07 bits per heavy atom. The quantitative estimate of drug-likeness (QED) is 0.148. The van der Waals surface area contributed by atoms with Crippen molar-refractivity contribution in [3.8, 4) is 0 Å². The number of hydrogen-bond donors (Lipinski definition) is 0. The first-order chi connectivity index (χ1) is 20.4. The molecule has 2 aromatic carbocycles. The number of hydrogen-bond acceptors (Lipinski definition) is 6. The number of para-hydroxylation sites is 2. The average Bonchev–Trinajstić information content (AvgIpc) is 3.50. The Kier molecular flexibility index (Phi) is 12.2. The fourth-order valence-electron chi connectivity index (χ4n) is 5.15. The second kappa shape index (κ2) is 16.1. The van der Waals surface area contributed by atoms with Gasteiger partial charge in [0.15, 0.2) is 9.60 Å². The van der Waals surface area contributed by atoms with Gasteiger partial charge in [0.2, 0.25) is 11.8 Å². The van der Waals surface area contributed by atoms with Gasteiger partial charge < -0.3 is 18.6 Å². The monoisotopic (exact) mass is 610 g/mol. The number of aromatic nitrogens is 2. The number of fused-ring (bicyclic) bond motifs is 2. The topological polar surface area (TPSA) is 87.2 Å². The number of carbonyl (C=O) groups is 2. The lowest BCUT2D eigenvalue weighted by atomic mass is 10.1. The van der Waals surface area contributed by atoms with Crippen molar-refractivity contribution < 1.29 is 19.1 Å². The highest BCUT2D eigenvalue weighted by atomic mass is 32.1. The van der Waals surface area contributed by atoms with Crippen LogP contribution in [-0.2, 0) is 32.2 Å². The first kappa shape index (κ1) is 32.0. The van der Waals surface area contributed by atoms with Crippen molar-refractivity contribution in [2.24, 2.45) is 9.98 Å². The molecule has 0 N–H and O–H groups in total. The molecule has 4 rings (SSSR count). The van der Waals surface area contributed by atoms with Gasteiger partial charge in [-0.25, -0.2) is 0 Å². The van der Waals surface area contributed by atoms with E-state index in [4.69, 9.17) is 9.47 Å². The molecule has 2 amide bonds. The first-order valence-electron chi connectivity index (χ1n) is 14.7. The van der Waals surface area contributed by atoms with Crippen LogP contribution in [0.4, 0.5) is 0 Å². The number of methoxy groups -OCH3 is 2. The van der Waals surface area contributed by atoms with Gasteiger partial charge in [0.25, 0.3) is 0 Å². The van der Waals surface area contributed by atoms with Crippen molar-refractivity contribution in [3.05, 3.63) is 57.1 Å². The third kappa shape index (κ3) is 8.34. The minimum absolute atomic E-state index is 0.0724. The van der Waals surface area contributed by atoms with E-state index in [1.54, 1.807) is 36.9 Å². The average molecular weight is 611 g/mol. The van der Waals surface area contributed by atoms with Crippen LogP contribution >= 0.6 is 22.7 Å². The highest BCUT2D eigenvalue weighted by Crippen LogP contribution is 2.22. The number of ether oxygens (including phenoxy) is 2. The second-order valence-electron chi connectivity index (χ2n) is 10.5. The van der Waals surface area contributed by atoms with E-state index in [1.165, 1.54) is 11.1 Å². The van der Waals surface area contributed by atoms with Gasteiger partial charge in [0.1, 0.15) is 0 Å². The van der Waals surface area contributed by atoms with Crippen molar-refractivity contribution in [2.75, 3.05) is 27.4 Å². The third-order valence-corrected chi connectivity index (χ3v) is 9.40. The van der Waals surface area contributed by atoms with Crippen molar-refractivity contribution in [1.29, 1.82) is 0 Å². The highest BCUT2D eigenvalue weighted by molar-refractivity contribution is 7.16. The summed E-state index contributed by atoms with van der Waals surface area (Å²) in [4.78, 5) is 35.7. The molecule has 226 valence electrons. The van der Waals surface area contributed by atoms with Crippen LogP contribution in [0.5, 0.6) is 0 Å². The maximum absolute atomic E-state index is 12.7. The Labute approximate surface area is 255 Å². The number of aryl methyl sites for hydroxylation is 2. The molecule has 42 heavy (non-hydrogen) atoms. The summed E-state index contributed by atoms with van der Waals surface area (Å²) in [6.45, 7) is 6.64. The van der Waals surface area contributed by atoms with E-state index in [0.717, 1.165) is 68.6 Å². The maximum Gasteiger partial charge on any atom is 0.248 e. The summed E-state index contributed by atoms with van der Waals surface area (Å²) in [6.07, 6.45) is 6.60. The van der Waals surface area contributed by atoms with Gasteiger partial charge in [0.05, 0.1) is 33.6 Å². The van der Waals surface area contributed by atoms with E-state index in [-0.39, 0.29) is 11.8 Å². The van der Waals surface area contributed by atoms with Gasteiger partial charge >= 0.3 is 0 Å². The fourth-order valence-corrected chi connectivity index (χ4v) is 7.45. The van der Waals surface area contributed by atoms with Crippen molar-refractivity contribution >= 4 is 54.9 Å². The maximum atomic E-state index is 12.7. The lowest BCUT2D eigenvalue weighted by Gasteiger charge is -2.06. The summed E-state index contributed by atoms with van der Waals surface area (Å²) in [7, 11) is 3.37. The molecule has 2 aromatic heterocycles. The van der Waals surface area contributed by atoms with Crippen LogP contribution < -0.4 is 9.60 Å². The Balaban J connectivity index is 1.21. The first-order valence-corrected chi connectivity index (χ1v) is 16.4. The third-order valence-electron chi connectivity index (χ3n) is 7.32. The van der Waals surface area contributed by atoms with E-state index in [9.17, 15) is 9.59 Å². The van der Waals surface area contributed by atoms with Crippen LogP contribution in [-0.4, -0.2) is 48.4 Å². The number of rotatable bonds is 15. The van der Waals surface area contributed by atoms with Gasteiger partial charge in [0, 0.05) is 40.2 Å². The molecule has 0 saturated carbocycles. The molecule has 4 aromatic rings. The number of unbranched alkanes of at least 4 members (excludes halogenated alkanes) is 5. The summed E-state index contributed by atoms with van der Waals surface area (Å²) in [6, 6.07) is 12.4. The van der Waals surface area contributed by atoms with Crippen LogP contribution in [0, 0.1) is 13.8 Å². The number of thiazole rings is 2. The number of nitrogens with zero attached hydrogens (tertiary/aromatic N) is 4. The fraction of sp³-hybridized carbons (Fsp3) is 0.500. The van der Waals surface area contributed by atoms with Crippen LogP contribution in [0.25, 0.3) is 20.4 Å². The zero-order valence-electron chi connectivity index (χ0n) is 25.2. The lowest BCUT2D eigenvalue weighted by Crippen LogP contribution is -2.19. The standard InChI is InChI=1S/C32H42N4O4S2/c1-23-13-11-15-25-29(23)35(19-21-39-3)31(41-25)33-27(37)17-9-7-5-6-8-10-18-28(38)34-32-36(20-22-40-4)30-24(2)14-12-16-26(30)42-32/h11-16H,5-10,17-22H2,1-4H3. The highest BCUT2D eigenvalue weighted by Gasteiger charge is 2.11. The Hall–Kier alpha value is -2.92. The molecule has 0 bridgehead atoms. The Morgan fingerprint density at radius 3 is 1.48 bits per heavy atom. The summed E-state index contributed by atoms with van der Waals surface area (Å²) < 4.78 is 17.0. The molecule has 0 fully saturated rings. The van der Waals surface area contributed by atoms with E-state index in [0.29, 0.717) is 39.1 Å². The zero-order valence-corrected chi connectivity index (χ0v) is 26.8. The van der Waals surface area contributed by atoms with Gasteiger partial charge in [-0.1, -0.05) is 72.6 Å². The summed E-state index contributed by atoms with van der Waals surface area (Å²) >= 11 is 3.11.